The number of carbonyl (C=O) groups excluding carboxylic acids is 1. The van der Waals surface area contributed by atoms with Gasteiger partial charge >= 0.3 is 0 Å². The maximum Gasteiger partial charge on any atom is 0.264 e. The summed E-state index contributed by atoms with van der Waals surface area (Å²) in [5.74, 6) is 0.648. The van der Waals surface area contributed by atoms with E-state index < -0.39 is 0 Å². The molecule has 0 aromatic carbocycles. The van der Waals surface area contributed by atoms with E-state index >= 15 is 0 Å². The summed E-state index contributed by atoms with van der Waals surface area (Å²) >= 11 is 1.53. The average molecular weight is 238 g/mol. The Hall–Kier alpha value is -0.870. The van der Waals surface area contributed by atoms with Crippen LogP contribution >= 0.6 is 11.3 Å². The molecule has 4 heteroatoms. The van der Waals surface area contributed by atoms with Crippen LogP contribution in [0.1, 0.15) is 28.6 Å². The SMILES string of the molecule is Cc1ccsc1C(=O)N1CC(CN)CC1C. The highest BCUT2D eigenvalue weighted by atomic mass is 32.1. The number of thiophene rings is 1. The molecule has 2 heterocycles. The Morgan fingerprint density at radius 3 is 2.94 bits per heavy atom. The predicted molar refractivity (Wildman–Crippen MR) is 66.7 cm³/mol. The minimum absolute atomic E-state index is 0.177. The van der Waals surface area contributed by atoms with Crippen molar-refractivity contribution in [1.29, 1.82) is 0 Å². The van der Waals surface area contributed by atoms with Crippen LogP contribution in [0.5, 0.6) is 0 Å². The number of nitrogens with two attached hydrogens (primary N) is 1. The van der Waals surface area contributed by atoms with E-state index in [1.54, 1.807) is 0 Å². The molecule has 1 aliphatic heterocycles. The third kappa shape index (κ3) is 1.99. The Balaban J connectivity index is 2.14. The van der Waals surface area contributed by atoms with E-state index in [1.807, 2.05) is 23.3 Å². The molecule has 3 nitrogen and oxygen atoms in total. The van der Waals surface area contributed by atoms with Crippen LogP contribution in [0.2, 0.25) is 0 Å². The largest absolute Gasteiger partial charge is 0.335 e. The molecule has 0 aliphatic carbocycles. The molecule has 1 aliphatic rings. The summed E-state index contributed by atoms with van der Waals surface area (Å²) in [6.45, 7) is 5.59. The maximum absolute atomic E-state index is 12.3. The van der Waals surface area contributed by atoms with E-state index in [1.165, 1.54) is 11.3 Å². The van der Waals surface area contributed by atoms with Crippen molar-refractivity contribution in [1.82, 2.24) is 4.90 Å². The molecule has 0 saturated carbocycles. The van der Waals surface area contributed by atoms with Crippen molar-refractivity contribution in [2.75, 3.05) is 13.1 Å². The molecule has 2 rings (SSSR count). The zero-order chi connectivity index (χ0) is 11.7. The third-order valence-electron chi connectivity index (χ3n) is 3.31. The van der Waals surface area contributed by atoms with Crippen LogP contribution < -0.4 is 5.73 Å². The van der Waals surface area contributed by atoms with E-state index in [4.69, 9.17) is 5.73 Å². The minimum Gasteiger partial charge on any atom is -0.335 e. The lowest BCUT2D eigenvalue weighted by Crippen LogP contribution is -2.34. The van der Waals surface area contributed by atoms with Crippen LogP contribution in [0.4, 0.5) is 0 Å². The second-order valence-electron chi connectivity index (χ2n) is 4.58. The van der Waals surface area contributed by atoms with Crippen LogP contribution in [0.25, 0.3) is 0 Å². The smallest absolute Gasteiger partial charge is 0.264 e. The highest BCUT2D eigenvalue weighted by Gasteiger charge is 2.32. The van der Waals surface area contributed by atoms with Crippen molar-refractivity contribution >= 4 is 17.2 Å². The zero-order valence-corrected chi connectivity index (χ0v) is 10.6. The number of nitrogens with zero attached hydrogens (tertiary/aromatic N) is 1. The van der Waals surface area contributed by atoms with Crippen molar-refractivity contribution in [2.45, 2.75) is 26.3 Å². The van der Waals surface area contributed by atoms with Gasteiger partial charge in [0, 0.05) is 12.6 Å². The lowest BCUT2D eigenvalue weighted by molar-refractivity contribution is 0.0747. The van der Waals surface area contributed by atoms with Gasteiger partial charge in [-0.25, -0.2) is 0 Å². The van der Waals surface area contributed by atoms with Gasteiger partial charge in [0.05, 0.1) is 4.88 Å². The van der Waals surface area contributed by atoms with Crippen molar-refractivity contribution in [3.63, 3.8) is 0 Å². The molecular formula is C12H18N2OS. The van der Waals surface area contributed by atoms with E-state index in [-0.39, 0.29) is 5.91 Å². The summed E-state index contributed by atoms with van der Waals surface area (Å²) in [6, 6.07) is 2.32. The third-order valence-corrected chi connectivity index (χ3v) is 4.32. The molecule has 1 aromatic rings. The summed E-state index contributed by atoms with van der Waals surface area (Å²) in [7, 11) is 0. The topological polar surface area (TPSA) is 46.3 Å². The Morgan fingerprint density at radius 1 is 1.69 bits per heavy atom. The zero-order valence-electron chi connectivity index (χ0n) is 9.77. The number of likely N-dealkylation sites (tertiary alicyclic amines) is 1. The molecule has 1 saturated heterocycles. The van der Waals surface area contributed by atoms with E-state index in [0.29, 0.717) is 18.5 Å². The van der Waals surface area contributed by atoms with Gasteiger partial charge in [0.1, 0.15) is 0 Å². The highest BCUT2D eigenvalue weighted by molar-refractivity contribution is 7.12. The van der Waals surface area contributed by atoms with Crippen LogP contribution in [0, 0.1) is 12.8 Å². The van der Waals surface area contributed by atoms with Crippen molar-refractivity contribution in [3.8, 4) is 0 Å². The van der Waals surface area contributed by atoms with Gasteiger partial charge in [-0.2, -0.15) is 0 Å². The minimum atomic E-state index is 0.177. The first-order valence-electron chi connectivity index (χ1n) is 5.68. The van der Waals surface area contributed by atoms with Gasteiger partial charge in [0.25, 0.3) is 5.91 Å². The standard InChI is InChI=1S/C12H18N2OS/c1-8-3-4-16-11(8)12(15)14-7-10(6-13)5-9(14)2/h3-4,9-10H,5-7,13H2,1-2H3. The fourth-order valence-electron chi connectivity index (χ4n) is 2.32. The average Bonchev–Trinajstić information content (AvgIpc) is 2.83. The lowest BCUT2D eigenvalue weighted by Gasteiger charge is -2.21. The second-order valence-corrected chi connectivity index (χ2v) is 5.49. The van der Waals surface area contributed by atoms with Gasteiger partial charge in [-0.05, 0) is 49.7 Å². The molecule has 88 valence electrons. The Kier molecular flexibility index (Phi) is 3.30. The molecule has 0 spiro atoms. The molecule has 16 heavy (non-hydrogen) atoms. The lowest BCUT2D eigenvalue weighted by atomic mass is 10.1. The van der Waals surface area contributed by atoms with Crippen molar-refractivity contribution < 1.29 is 4.79 Å². The van der Waals surface area contributed by atoms with Crippen LogP contribution in [0.15, 0.2) is 11.4 Å². The first-order chi connectivity index (χ1) is 7.63. The van der Waals surface area contributed by atoms with Crippen LogP contribution in [-0.4, -0.2) is 29.9 Å². The number of hydrogen-bond acceptors (Lipinski definition) is 3. The van der Waals surface area contributed by atoms with Gasteiger partial charge in [0.15, 0.2) is 0 Å². The maximum atomic E-state index is 12.3. The van der Waals surface area contributed by atoms with Gasteiger partial charge in [0.2, 0.25) is 0 Å². The van der Waals surface area contributed by atoms with E-state index in [2.05, 4.69) is 6.92 Å². The first-order valence-corrected chi connectivity index (χ1v) is 6.56. The van der Waals surface area contributed by atoms with Crippen molar-refractivity contribution in [3.05, 3.63) is 21.9 Å². The number of aryl methyl sites for hydroxylation is 1. The number of carbonyl (C=O) groups is 1. The summed E-state index contributed by atoms with van der Waals surface area (Å²) < 4.78 is 0. The molecule has 1 aromatic heterocycles. The fourth-order valence-corrected chi connectivity index (χ4v) is 3.20. The van der Waals surface area contributed by atoms with Gasteiger partial charge < -0.3 is 10.6 Å². The monoisotopic (exact) mass is 238 g/mol. The van der Waals surface area contributed by atoms with Crippen LogP contribution in [-0.2, 0) is 0 Å². The highest BCUT2D eigenvalue weighted by Crippen LogP contribution is 2.26. The molecular weight excluding hydrogens is 220 g/mol. The quantitative estimate of drug-likeness (QED) is 0.855. The summed E-state index contributed by atoms with van der Waals surface area (Å²) in [5.41, 5.74) is 6.75. The molecule has 0 bridgehead atoms. The fraction of sp³-hybridized carbons (Fsp3) is 0.583. The van der Waals surface area contributed by atoms with Gasteiger partial charge in [-0.3, -0.25) is 4.79 Å². The summed E-state index contributed by atoms with van der Waals surface area (Å²) in [5, 5.41) is 1.98. The Morgan fingerprint density at radius 2 is 2.44 bits per heavy atom. The molecule has 2 atom stereocenters. The number of hydrogen-bond donors (Lipinski definition) is 1. The van der Waals surface area contributed by atoms with Crippen LogP contribution in [0.3, 0.4) is 0 Å². The van der Waals surface area contributed by atoms with Gasteiger partial charge in [-0.15, -0.1) is 11.3 Å². The molecule has 0 radical (unpaired) electrons. The Labute approximate surface area is 100 Å². The number of amides is 1. The molecule has 2 unspecified atom stereocenters. The first kappa shape index (κ1) is 11.6. The van der Waals surface area contributed by atoms with E-state index in [0.717, 1.165) is 23.4 Å². The normalized spacial score (nSPS) is 25.1. The van der Waals surface area contributed by atoms with Crippen molar-refractivity contribution in [2.24, 2.45) is 11.7 Å². The van der Waals surface area contributed by atoms with E-state index in [9.17, 15) is 4.79 Å². The second kappa shape index (κ2) is 4.55. The predicted octanol–water partition coefficient (Wildman–Crippen LogP) is 1.87. The Bertz CT molecular complexity index is 388. The summed E-state index contributed by atoms with van der Waals surface area (Å²) in [4.78, 5) is 15.1. The number of rotatable bonds is 2. The molecule has 1 amide bonds. The molecule has 1 fully saturated rings. The van der Waals surface area contributed by atoms with Gasteiger partial charge in [-0.1, -0.05) is 0 Å². The summed E-state index contributed by atoms with van der Waals surface area (Å²) in [6.07, 6.45) is 1.03. The molecule has 2 N–H and O–H groups in total.